The molecule has 1 N–H and O–H groups in total. The molecule has 4 nitrogen and oxygen atoms in total. The molecule has 8 heteroatoms. The van der Waals surface area contributed by atoms with E-state index in [-0.39, 0.29) is 30.1 Å². The van der Waals surface area contributed by atoms with Crippen molar-refractivity contribution in [3.05, 3.63) is 23.3 Å². The van der Waals surface area contributed by atoms with Gasteiger partial charge in [0.05, 0.1) is 5.92 Å². The molecular formula is C21H31F4N3O. The molecule has 3 atom stereocenters. The van der Waals surface area contributed by atoms with Crippen molar-refractivity contribution in [1.82, 2.24) is 15.0 Å². The highest BCUT2D eigenvalue weighted by atomic mass is 19.4. The maximum Gasteiger partial charge on any atom is 0.391 e. The van der Waals surface area contributed by atoms with Gasteiger partial charge in [-0.25, -0.2) is 19.3 Å². The molecule has 1 heterocycles. The number of aliphatic hydroxyl groups excluding tert-OH is 1. The Balaban J connectivity index is 2.29. The van der Waals surface area contributed by atoms with E-state index in [1.165, 1.54) is 0 Å². The molecule has 0 aromatic carbocycles. The number of hydrogen-bond acceptors (Lipinski definition) is 4. The van der Waals surface area contributed by atoms with Crippen molar-refractivity contribution in [2.24, 2.45) is 17.8 Å². The molecule has 0 amide bonds. The Bertz CT molecular complexity index is 718. The molecule has 29 heavy (non-hydrogen) atoms. The normalized spacial score (nSPS) is 20.3. The first-order chi connectivity index (χ1) is 13.5. The fraction of sp³-hybridized carbons (Fsp3) is 0.762. The zero-order valence-electron chi connectivity index (χ0n) is 17.6. The Hall–Kier alpha value is -1.57. The summed E-state index contributed by atoms with van der Waals surface area (Å²) < 4.78 is 53.0. The summed E-state index contributed by atoms with van der Waals surface area (Å²) >= 11 is 0. The van der Waals surface area contributed by atoms with Gasteiger partial charge in [-0.3, -0.25) is 0 Å². The minimum absolute atomic E-state index is 0.0420. The van der Waals surface area contributed by atoms with Crippen LogP contribution < -0.4 is 0 Å². The second kappa shape index (κ2) is 9.96. The van der Waals surface area contributed by atoms with Crippen LogP contribution in [0.5, 0.6) is 0 Å². The molecule has 0 radical (unpaired) electrons. The van der Waals surface area contributed by atoms with Gasteiger partial charge in [0.1, 0.15) is 23.6 Å². The first-order valence-electron chi connectivity index (χ1n) is 10.4. The number of halogens is 4. The molecular weight excluding hydrogens is 386 g/mol. The predicted molar refractivity (Wildman–Crippen MR) is 104 cm³/mol. The largest absolute Gasteiger partial charge is 0.391 e. The number of nitrogens with zero attached hydrogens (tertiary/aromatic N) is 3. The predicted octanol–water partition coefficient (Wildman–Crippen LogP) is 5.45. The number of aromatic nitrogens is 3. The second-order valence-electron chi connectivity index (χ2n) is 8.47. The summed E-state index contributed by atoms with van der Waals surface area (Å²) in [5.41, 5.74) is 0.245. The van der Waals surface area contributed by atoms with Gasteiger partial charge in [0.2, 0.25) is 0 Å². The number of alkyl halides is 3. The Morgan fingerprint density at radius 1 is 1.00 bits per heavy atom. The van der Waals surface area contributed by atoms with Gasteiger partial charge in [0, 0.05) is 18.4 Å². The third-order valence-electron chi connectivity index (χ3n) is 5.80. The summed E-state index contributed by atoms with van der Waals surface area (Å²) in [4.78, 5) is 13.0. The first-order valence-corrected chi connectivity index (χ1v) is 10.4. The molecule has 2 rings (SSSR count). The van der Waals surface area contributed by atoms with Crippen LogP contribution in [0, 0.1) is 17.8 Å². The zero-order valence-corrected chi connectivity index (χ0v) is 17.6. The minimum atomic E-state index is -4.27. The van der Waals surface area contributed by atoms with E-state index < -0.39 is 24.0 Å². The molecule has 0 saturated carbocycles. The van der Waals surface area contributed by atoms with E-state index in [1.54, 1.807) is 0 Å². The van der Waals surface area contributed by atoms with Gasteiger partial charge in [0.15, 0.2) is 5.82 Å². The quantitative estimate of drug-likeness (QED) is 0.571. The molecule has 1 unspecified atom stereocenters. The van der Waals surface area contributed by atoms with Crippen LogP contribution in [-0.4, -0.2) is 32.3 Å². The van der Waals surface area contributed by atoms with Gasteiger partial charge >= 0.3 is 6.18 Å². The summed E-state index contributed by atoms with van der Waals surface area (Å²) in [5, 5.41) is 9.82. The maximum atomic E-state index is 14.5. The Kier molecular flexibility index (Phi) is 8.14. The highest BCUT2D eigenvalue weighted by Crippen LogP contribution is 2.32. The lowest BCUT2D eigenvalue weighted by Gasteiger charge is -2.20. The smallest absolute Gasteiger partial charge is 0.386 e. The van der Waals surface area contributed by atoms with Crippen molar-refractivity contribution in [2.75, 3.05) is 0 Å². The van der Waals surface area contributed by atoms with Crippen molar-refractivity contribution in [1.29, 1.82) is 0 Å². The number of hydrogen-bond donors (Lipinski definition) is 1. The lowest BCUT2D eigenvalue weighted by atomic mass is 9.93. The topological polar surface area (TPSA) is 58.9 Å². The summed E-state index contributed by atoms with van der Waals surface area (Å²) in [7, 11) is 0. The molecule has 0 spiro atoms. The summed E-state index contributed by atoms with van der Waals surface area (Å²) in [6, 6.07) is 0. The molecule has 1 aromatic rings. The summed E-state index contributed by atoms with van der Waals surface area (Å²) in [6.07, 6.45) is -2.82. The van der Waals surface area contributed by atoms with Crippen LogP contribution in [0.25, 0.3) is 5.57 Å². The monoisotopic (exact) mass is 417 g/mol. The van der Waals surface area contributed by atoms with Crippen molar-refractivity contribution < 1.29 is 22.7 Å². The molecule has 1 aliphatic rings. The minimum Gasteiger partial charge on any atom is -0.386 e. The number of allylic oxidation sites excluding steroid dienone is 1. The molecule has 0 aliphatic heterocycles. The fourth-order valence-electron chi connectivity index (χ4n) is 3.16. The second-order valence-corrected chi connectivity index (χ2v) is 8.47. The molecule has 0 fully saturated rings. The molecule has 1 aliphatic carbocycles. The Morgan fingerprint density at radius 3 is 2.14 bits per heavy atom. The van der Waals surface area contributed by atoms with Crippen LogP contribution in [0.3, 0.4) is 0 Å². The van der Waals surface area contributed by atoms with Gasteiger partial charge in [-0.15, -0.1) is 0 Å². The third-order valence-corrected chi connectivity index (χ3v) is 5.80. The van der Waals surface area contributed by atoms with E-state index in [1.807, 2.05) is 0 Å². The van der Waals surface area contributed by atoms with Gasteiger partial charge in [-0.2, -0.15) is 13.2 Å². The molecule has 0 bridgehead atoms. The fourth-order valence-corrected chi connectivity index (χ4v) is 3.16. The summed E-state index contributed by atoms with van der Waals surface area (Å²) in [6.45, 7) is 7.50. The van der Waals surface area contributed by atoms with Gasteiger partial charge in [-0.05, 0) is 43.9 Å². The van der Waals surface area contributed by atoms with Crippen molar-refractivity contribution in [3.63, 3.8) is 0 Å². The van der Waals surface area contributed by atoms with Crippen LogP contribution in [0.15, 0.2) is 5.83 Å². The van der Waals surface area contributed by atoms with Crippen molar-refractivity contribution in [3.8, 4) is 0 Å². The van der Waals surface area contributed by atoms with Crippen LogP contribution in [0.1, 0.15) is 77.3 Å². The first kappa shape index (κ1) is 23.7. The van der Waals surface area contributed by atoms with Crippen LogP contribution in [0.4, 0.5) is 17.6 Å². The third kappa shape index (κ3) is 6.73. The number of rotatable bonds is 8. The van der Waals surface area contributed by atoms with Crippen molar-refractivity contribution >= 4 is 5.57 Å². The maximum absolute atomic E-state index is 14.5. The van der Waals surface area contributed by atoms with Crippen LogP contribution >= 0.6 is 0 Å². The molecule has 164 valence electrons. The average Bonchev–Trinajstić information content (AvgIpc) is 2.65. The van der Waals surface area contributed by atoms with Gasteiger partial charge in [-0.1, -0.05) is 27.7 Å². The molecule has 1 aromatic heterocycles. The van der Waals surface area contributed by atoms with E-state index in [2.05, 4.69) is 35.7 Å². The van der Waals surface area contributed by atoms with Crippen molar-refractivity contribution in [2.45, 2.75) is 84.9 Å². The van der Waals surface area contributed by atoms with E-state index in [4.69, 9.17) is 0 Å². The Morgan fingerprint density at radius 2 is 1.59 bits per heavy atom. The standard InChI is InChI=1S/C21H31F4N3O/c1-12(2)13(3)8-10-17-26-18(11-9-14(4)21(23,24)25)28-20(27-17)15-6-5-7-16(29)19(15)22/h12-14,16,29H,5-11H2,1-4H3/t13-,14+,16?/m1/s1. The van der Waals surface area contributed by atoms with Crippen LogP contribution in [0.2, 0.25) is 0 Å². The Labute approximate surface area is 169 Å². The zero-order chi connectivity index (χ0) is 21.8. The SMILES string of the molecule is CC(C)[C@H](C)CCc1nc(CC[C@H](C)C(F)(F)F)nc(C2=C(F)C(O)CCC2)n1. The average molecular weight is 417 g/mol. The lowest BCUT2D eigenvalue weighted by Crippen LogP contribution is -2.21. The van der Waals surface area contributed by atoms with E-state index >= 15 is 0 Å². The highest BCUT2D eigenvalue weighted by molar-refractivity contribution is 5.63. The highest BCUT2D eigenvalue weighted by Gasteiger charge is 2.35. The van der Waals surface area contributed by atoms with E-state index in [0.717, 1.165) is 13.3 Å². The number of aryl methyl sites for hydroxylation is 2. The summed E-state index contributed by atoms with van der Waals surface area (Å²) in [5.74, 6) is -0.333. The van der Waals surface area contributed by atoms with Crippen LogP contribution in [-0.2, 0) is 12.8 Å². The molecule has 0 saturated heterocycles. The van der Waals surface area contributed by atoms with Gasteiger partial charge in [0.25, 0.3) is 0 Å². The lowest BCUT2D eigenvalue weighted by molar-refractivity contribution is -0.171. The van der Waals surface area contributed by atoms with Gasteiger partial charge < -0.3 is 5.11 Å². The van der Waals surface area contributed by atoms with E-state index in [0.29, 0.717) is 43.3 Å². The number of aliphatic hydroxyl groups is 1. The van der Waals surface area contributed by atoms with E-state index in [9.17, 15) is 22.7 Å².